The highest BCUT2D eigenvalue weighted by molar-refractivity contribution is 8.01. The minimum absolute atomic E-state index is 0.0517. The van der Waals surface area contributed by atoms with E-state index in [1.165, 1.54) is 18.9 Å². The maximum Gasteiger partial charge on any atom is 0.305 e. The first-order valence-corrected chi connectivity index (χ1v) is 8.31. The molecule has 0 unspecified atom stereocenters. The van der Waals surface area contributed by atoms with Crippen LogP contribution in [-0.2, 0) is 14.3 Å². The van der Waals surface area contributed by atoms with Gasteiger partial charge in [-0.05, 0) is 18.6 Å². The molecule has 2 rings (SSSR count). The van der Waals surface area contributed by atoms with Crippen molar-refractivity contribution in [2.24, 2.45) is 0 Å². The molecule has 0 saturated heterocycles. The number of nitrogens with one attached hydrogen (secondary N) is 1. The number of thiazole rings is 1. The summed E-state index contributed by atoms with van der Waals surface area (Å²) in [4.78, 5) is 27.0. The molecule has 1 aromatic carbocycles. The first kappa shape index (κ1) is 15.8. The number of methoxy groups -OCH3 is 1. The van der Waals surface area contributed by atoms with E-state index in [4.69, 9.17) is 0 Å². The molecule has 0 radical (unpaired) electrons. The van der Waals surface area contributed by atoms with Gasteiger partial charge >= 0.3 is 5.97 Å². The van der Waals surface area contributed by atoms with Crippen molar-refractivity contribution in [2.75, 3.05) is 19.4 Å². The number of aromatic nitrogens is 1. The van der Waals surface area contributed by atoms with Gasteiger partial charge in [0.25, 0.3) is 0 Å². The molecule has 5 nitrogen and oxygen atoms in total. The fraction of sp³-hybridized carbons (Fsp3) is 0.357. The third-order valence-corrected chi connectivity index (χ3v) is 4.89. The van der Waals surface area contributed by atoms with Crippen molar-refractivity contribution >= 4 is 45.2 Å². The lowest BCUT2D eigenvalue weighted by Gasteiger charge is -2.03. The summed E-state index contributed by atoms with van der Waals surface area (Å²) in [5.74, 6) is 0.0233. The molecule has 2 aromatic rings. The Bertz CT molecular complexity index is 594. The van der Waals surface area contributed by atoms with E-state index >= 15 is 0 Å². The predicted octanol–water partition coefficient (Wildman–Crippen LogP) is 2.46. The van der Waals surface area contributed by atoms with Gasteiger partial charge in [-0.15, -0.1) is 11.3 Å². The number of hydrogen-bond donors (Lipinski definition) is 1. The Morgan fingerprint density at radius 2 is 2.19 bits per heavy atom. The topological polar surface area (TPSA) is 68.3 Å². The number of benzene rings is 1. The van der Waals surface area contributed by atoms with Crippen LogP contribution in [0.5, 0.6) is 0 Å². The molecule has 0 fully saturated rings. The molecule has 1 N–H and O–H groups in total. The number of hydrogen-bond acceptors (Lipinski definition) is 6. The molecular weight excluding hydrogens is 308 g/mol. The number of fused-ring (bicyclic) bond motifs is 1. The highest BCUT2D eigenvalue weighted by atomic mass is 32.2. The van der Waals surface area contributed by atoms with Crippen molar-refractivity contribution in [1.82, 2.24) is 10.3 Å². The molecule has 0 bridgehead atoms. The average molecular weight is 324 g/mol. The monoisotopic (exact) mass is 324 g/mol. The summed E-state index contributed by atoms with van der Waals surface area (Å²) < 4.78 is 6.54. The second-order valence-corrected chi connectivity index (χ2v) is 6.52. The summed E-state index contributed by atoms with van der Waals surface area (Å²) >= 11 is 3.01. The van der Waals surface area contributed by atoms with E-state index in [1.54, 1.807) is 11.3 Å². The third kappa shape index (κ3) is 5.02. The lowest BCUT2D eigenvalue weighted by molar-refractivity contribution is -0.140. The Balaban J connectivity index is 1.70. The molecule has 7 heteroatoms. The van der Waals surface area contributed by atoms with Crippen molar-refractivity contribution in [2.45, 2.75) is 17.2 Å². The van der Waals surface area contributed by atoms with Crippen LogP contribution in [0.25, 0.3) is 10.2 Å². The van der Waals surface area contributed by atoms with E-state index in [1.807, 2.05) is 24.3 Å². The van der Waals surface area contributed by atoms with Gasteiger partial charge in [0.2, 0.25) is 5.91 Å². The number of ether oxygens (including phenoxy) is 1. The Hall–Kier alpha value is -1.60. The third-order valence-electron chi connectivity index (χ3n) is 2.71. The molecule has 0 aliphatic rings. The van der Waals surface area contributed by atoms with Gasteiger partial charge in [0.1, 0.15) is 0 Å². The van der Waals surface area contributed by atoms with Crippen LogP contribution in [-0.4, -0.2) is 36.3 Å². The number of para-hydroxylation sites is 1. The Kier molecular flexibility index (Phi) is 6.01. The summed E-state index contributed by atoms with van der Waals surface area (Å²) in [6.07, 6.45) is 0.909. The van der Waals surface area contributed by atoms with Crippen molar-refractivity contribution in [3.63, 3.8) is 0 Å². The standard InChI is InChI=1S/C14H16N2O3S2/c1-19-13(18)7-4-8-15-12(17)9-20-14-16-10-5-2-3-6-11(10)21-14/h2-3,5-6H,4,7-9H2,1H3,(H,15,17). The van der Waals surface area contributed by atoms with Gasteiger partial charge in [0, 0.05) is 13.0 Å². The normalized spacial score (nSPS) is 10.5. The number of carbonyl (C=O) groups excluding carboxylic acids is 2. The van der Waals surface area contributed by atoms with Crippen LogP contribution in [0.2, 0.25) is 0 Å². The van der Waals surface area contributed by atoms with Crippen molar-refractivity contribution in [3.05, 3.63) is 24.3 Å². The van der Waals surface area contributed by atoms with Gasteiger partial charge in [-0.2, -0.15) is 0 Å². The number of esters is 1. The number of nitrogens with zero attached hydrogens (tertiary/aromatic N) is 1. The van der Waals surface area contributed by atoms with Gasteiger partial charge < -0.3 is 10.1 Å². The molecule has 1 amide bonds. The van der Waals surface area contributed by atoms with E-state index in [0.717, 1.165) is 14.6 Å². The molecule has 0 aliphatic heterocycles. The summed E-state index contributed by atoms with van der Waals surface area (Å²) in [5, 5.41) is 2.78. The van der Waals surface area contributed by atoms with Gasteiger partial charge in [0.15, 0.2) is 4.34 Å². The van der Waals surface area contributed by atoms with Gasteiger partial charge in [-0.1, -0.05) is 23.9 Å². The van der Waals surface area contributed by atoms with E-state index < -0.39 is 0 Å². The van der Waals surface area contributed by atoms with E-state index in [0.29, 0.717) is 25.1 Å². The smallest absolute Gasteiger partial charge is 0.305 e. The van der Waals surface area contributed by atoms with Gasteiger partial charge in [0.05, 0.1) is 23.1 Å². The van der Waals surface area contributed by atoms with Crippen LogP contribution in [0.3, 0.4) is 0 Å². The SMILES string of the molecule is COC(=O)CCCNC(=O)CSc1nc2ccccc2s1. The zero-order chi connectivity index (χ0) is 15.1. The lowest BCUT2D eigenvalue weighted by atomic mass is 10.3. The van der Waals surface area contributed by atoms with Crippen LogP contribution in [0, 0.1) is 0 Å². The number of rotatable bonds is 7. The Morgan fingerprint density at radius 1 is 1.38 bits per heavy atom. The van der Waals surface area contributed by atoms with Crippen LogP contribution < -0.4 is 5.32 Å². The largest absolute Gasteiger partial charge is 0.469 e. The average Bonchev–Trinajstić information content (AvgIpc) is 2.92. The summed E-state index contributed by atoms with van der Waals surface area (Å²) in [6.45, 7) is 0.480. The van der Waals surface area contributed by atoms with Crippen LogP contribution in [0.15, 0.2) is 28.6 Å². The van der Waals surface area contributed by atoms with E-state index in [2.05, 4.69) is 15.0 Å². The van der Waals surface area contributed by atoms with Crippen LogP contribution >= 0.6 is 23.1 Å². The zero-order valence-electron chi connectivity index (χ0n) is 11.6. The molecule has 0 saturated carbocycles. The first-order valence-electron chi connectivity index (χ1n) is 6.51. The summed E-state index contributed by atoms with van der Waals surface area (Å²) in [7, 11) is 1.36. The van der Waals surface area contributed by atoms with Crippen LogP contribution in [0.4, 0.5) is 0 Å². The highest BCUT2D eigenvalue weighted by Crippen LogP contribution is 2.28. The van der Waals surface area contributed by atoms with E-state index in [-0.39, 0.29) is 11.9 Å². The summed E-state index contributed by atoms with van der Waals surface area (Å²) in [6, 6.07) is 7.90. The minimum atomic E-state index is -0.256. The molecular formula is C14H16N2O3S2. The summed E-state index contributed by atoms with van der Waals surface area (Å²) in [5.41, 5.74) is 0.962. The molecule has 112 valence electrons. The van der Waals surface area contributed by atoms with Crippen molar-refractivity contribution < 1.29 is 14.3 Å². The molecule has 0 spiro atoms. The molecule has 21 heavy (non-hydrogen) atoms. The quantitative estimate of drug-likeness (QED) is 0.481. The second kappa shape index (κ2) is 7.99. The minimum Gasteiger partial charge on any atom is -0.469 e. The lowest BCUT2D eigenvalue weighted by Crippen LogP contribution is -2.26. The number of amides is 1. The number of thioether (sulfide) groups is 1. The number of carbonyl (C=O) groups is 2. The highest BCUT2D eigenvalue weighted by Gasteiger charge is 2.07. The fourth-order valence-corrected chi connectivity index (χ4v) is 3.55. The Labute approximate surface area is 131 Å². The van der Waals surface area contributed by atoms with Gasteiger partial charge in [-0.25, -0.2) is 4.98 Å². The predicted molar refractivity (Wildman–Crippen MR) is 84.6 cm³/mol. The van der Waals surface area contributed by atoms with E-state index in [9.17, 15) is 9.59 Å². The van der Waals surface area contributed by atoms with Crippen LogP contribution in [0.1, 0.15) is 12.8 Å². The van der Waals surface area contributed by atoms with Crippen molar-refractivity contribution in [1.29, 1.82) is 0 Å². The maximum atomic E-state index is 11.7. The molecule has 0 atom stereocenters. The Morgan fingerprint density at radius 3 is 2.95 bits per heavy atom. The molecule has 0 aliphatic carbocycles. The zero-order valence-corrected chi connectivity index (χ0v) is 13.3. The molecule has 1 heterocycles. The maximum absolute atomic E-state index is 11.7. The first-order chi connectivity index (χ1) is 10.2. The van der Waals surface area contributed by atoms with Gasteiger partial charge in [-0.3, -0.25) is 9.59 Å². The fourth-order valence-electron chi connectivity index (χ4n) is 1.65. The van der Waals surface area contributed by atoms with Crippen molar-refractivity contribution in [3.8, 4) is 0 Å². The molecule has 1 aromatic heterocycles. The second-order valence-electron chi connectivity index (χ2n) is 4.27.